The topological polar surface area (TPSA) is 95.6 Å². The molecule has 1 N–H and O–H groups in total. The maximum atomic E-state index is 13.3. The highest BCUT2D eigenvalue weighted by Gasteiger charge is 2.30. The standard InChI is InChI=1S/C28H28N2O7/c1-4-23-28(32)30(14-17-5-7-25-26(9-17)36-16-35-25)15-19-10-20(6-8-24(19)37-23)29-27(31)18-11-21(33-2)13-22(12-18)34-3/h5-13,23H,4,14-16H2,1-3H3,(H,29,31)/t23-/m0/s1. The highest BCUT2D eigenvalue weighted by Crippen LogP contribution is 2.34. The van der Waals surface area contributed by atoms with Crippen molar-refractivity contribution in [1.29, 1.82) is 0 Å². The van der Waals surface area contributed by atoms with Gasteiger partial charge in [0.15, 0.2) is 17.6 Å². The van der Waals surface area contributed by atoms with Crippen LogP contribution >= 0.6 is 0 Å². The van der Waals surface area contributed by atoms with Crippen molar-refractivity contribution in [1.82, 2.24) is 4.90 Å². The summed E-state index contributed by atoms with van der Waals surface area (Å²) in [6.07, 6.45) is -0.0635. The summed E-state index contributed by atoms with van der Waals surface area (Å²) in [7, 11) is 3.06. The third-order valence-corrected chi connectivity index (χ3v) is 6.33. The summed E-state index contributed by atoms with van der Waals surface area (Å²) in [6, 6.07) is 16.0. The molecule has 0 unspecified atom stereocenters. The minimum Gasteiger partial charge on any atom is -0.497 e. The molecule has 0 saturated heterocycles. The van der Waals surface area contributed by atoms with Gasteiger partial charge in [0, 0.05) is 36.0 Å². The second-order valence-corrected chi connectivity index (χ2v) is 8.77. The molecule has 192 valence electrons. The molecule has 0 fully saturated rings. The molecule has 9 nitrogen and oxygen atoms in total. The molecule has 2 aliphatic heterocycles. The Hall–Kier alpha value is -4.40. The van der Waals surface area contributed by atoms with E-state index in [1.165, 1.54) is 14.2 Å². The molecule has 2 heterocycles. The van der Waals surface area contributed by atoms with Crippen LogP contribution in [-0.4, -0.2) is 43.8 Å². The summed E-state index contributed by atoms with van der Waals surface area (Å²) in [5.41, 5.74) is 2.70. The number of benzene rings is 3. The molecule has 1 atom stereocenters. The minimum absolute atomic E-state index is 0.0922. The monoisotopic (exact) mass is 504 g/mol. The third-order valence-electron chi connectivity index (χ3n) is 6.33. The SMILES string of the molecule is CC[C@@H]1Oc2ccc(NC(=O)c3cc(OC)cc(OC)c3)cc2CN(Cc2ccc3c(c2)OCO3)C1=O. The predicted octanol–water partition coefficient (Wildman–Crippen LogP) is 4.38. The average molecular weight is 505 g/mol. The van der Waals surface area contributed by atoms with E-state index in [2.05, 4.69) is 5.32 Å². The van der Waals surface area contributed by atoms with Crippen molar-refractivity contribution in [3.8, 4) is 28.7 Å². The first-order valence-corrected chi connectivity index (χ1v) is 12.0. The summed E-state index contributed by atoms with van der Waals surface area (Å²) in [4.78, 5) is 28.1. The first-order chi connectivity index (χ1) is 18.0. The van der Waals surface area contributed by atoms with E-state index >= 15 is 0 Å². The Bertz CT molecular complexity index is 1320. The van der Waals surface area contributed by atoms with Crippen LogP contribution < -0.4 is 29.0 Å². The zero-order valence-corrected chi connectivity index (χ0v) is 20.9. The summed E-state index contributed by atoms with van der Waals surface area (Å²) in [5.74, 6) is 2.61. The average Bonchev–Trinajstić information content (AvgIpc) is 3.34. The first-order valence-electron chi connectivity index (χ1n) is 12.0. The molecule has 0 radical (unpaired) electrons. The number of fused-ring (bicyclic) bond motifs is 2. The molecule has 9 heteroatoms. The number of methoxy groups -OCH3 is 2. The van der Waals surface area contributed by atoms with Crippen LogP contribution in [0.15, 0.2) is 54.6 Å². The summed E-state index contributed by atoms with van der Waals surface area (Å²) < 4.78 is 27.5. The van der Waals surface area contributed by atoms with Gasteiger partial charge in [-0.15, -0.1) is 0 Å². The number of nitrogens with one attached hydrogen (secondary N) is 1. The number of rotatable bonds is 7. The van der Waals surface area contributed by atoms with Crippen LogP contribution in [-0.2, 0) is 17.9 Å². The van der Waals surface area contributed by atoms with Crippen molar-refractivity contribution in [2.45, 2.75) is 32.5 Å². The van der Waals surface area contributed by atoms with Gasteiger partial charge in [-0.3, -0.25) is 9.59 Å². The molecule has 3 aromatic rings. The van der Waals surface area contributed by atoms with Gasteiger partial charge < -0.3 is 33.9 Å². The molecule has 0 spiro atoms. The predicted molar refractivity (Wildman–Crippen MR) is 135 cm³/mol. The van der Waals surface area contributed by atoms with Crippen LogP contribution in [0.2, 0.25) is 0 Å². The van der Waals surface area contributed by atoms with Crippen molar-refractivity contribution in [2.24, 2.45) is 0 Å². The zero-order valence-electron chi connectivity index (χ0n) is 20.9. The minimum atomic E-state index is -0.597. The Labute approximate surface area is 214 Å². The number of ether oxygens (including phenoxy) is 5. The molecule has 37 heavy (non-hydrogen) atoms. The van der Waals surface area contributed by atoms with Crippen LogP contribution in [0.4, 0.5) is 5.69 Å². The van der Waals surface area contributed by atoms with E-state index in [0.717, 1.165) is 11.1 Å². The Morgan fingerprint density at radius 3 is 2.43 bits per heavy atom. The summed E-state index contributed by atoms with van der Waals surface area (Å²) in [5, 5.41) is 2.92. The quantitative estimate of drug-likeness (QED) is 0.510. The lowest BCUT2D eigenvalue weighted by Gasteiger charge is -2.23. The highest BCUT2D eigenvalue weighted by molar-refractivity contribution is 6.05. The Morgan fingerprint density at radius 1 is 0.973 bits per heavy atom. The molecular weight excluding hydrogens is 476 g/mol. The van der Waals surface area contributed by atoms with Crippen molar-refractivity contribution in [3.05, 3.63) is 71.3 Å². The van der Waals surface area contributed by atoms with Crippen molar-refractivity contribution >= 4 is 17.5 Å². The number of nitrogens with zero attached hydrogens (tertiary/aromatic N) is 1. The van der Waals surface area contributed by atoms with Crippen molar-refractivity contribution in [3.63, 3.8) is 0 Å². The largest absolute Gasteiger partial charge is 0.497 e. The van der Waals surface area contributed by atoms with Gasteiger partial charge in [-0.25, -0.2) is 0 Å². The van der Waals surface area contributed by atoms with Gasteiger partial charge in [0.05, 0.1) is 14.2 Å². The van der Waals surface area contributed by atoms with Crippen LogP contribution in [0.25, 0.3) is 0 Å². The molecular formula is C28H28N2O7. The van der Waals surface area contributed by atoms with Crippen LogP contribution in [0.5, 0.6) is 28.7 Å². The number of hydrogen-bond donors (Lipinski definition) is 1. The first kappa shape index (κ1) is 24.3. The molecule has 5 rings (SSSR count). The molecule has 0 saturated carbocycles. The molecule has 2 aliphatic rings. The van der Waals surface area contributed by atoms with Gasteiger partial charge in [-0.05, 0) is 54.4 Å². The zero-order chi connectivity index (χ0) is 25.9. The lowest BCUT2D eigenvalue weighted by Crippen LogP contribution is -2.38. The van der Waals surface area contributed by atoms with E-state index in [1.54, 1.807) is 35.2 Å². The lowest BCUT2D eigenvalue weighted by atomic mass is 10.1. The Balaban J connectivity index is 1.39. The van der Waals surface area contributed by atoms with E-state index in [9.17, 15) is 9.59 Å². The molecule has 0 bridgehead atoms. The van der Waals surface area contributed by atoms with Crippen LogP contribution in [0.3, 0.4) is 0 Å². The van der Waals surface area contributed by atoms with Crippen molar-refractivity contribution in [2.75, 3.05) is 26.3 Å². The summed E-state index contributed by atoms with van der Waals surface area (Å²) in [6.45, 7) is 2.83. The van der Waals surface area contributed by atoms with E-state index < -0.39 is 6.10 Å². The van der Waals surface area contributed by atoms with E-state index in [-0.39, 0.29) is 18.6 Å². The van der Waals surface area contributed by atoms with Gasteiger partial charge in [0.2, 0.25) is 6.79 Å². The Morgan fingerprint density at radius 2 is 1.70 bits per heavy atom. The van der Waals surface area contributed by atoms with Gasteiger partial charge in [0.25, 0.3) is 11.8 Å². The van der Waals surface area contributed by atoms with Gasteiger partial charge in [-0.1, -0.05) is 13.0 Å². The second-order valence-electron chi connectivity index (χ2n) is 8.77. The maximum Gasteiger partial charge on any atom is 0.264 e. The molecule has 3 aromatic carbocycles. The van der Waals surface area contributed by atoms with Gasteiger partial charge >= 0.3 is 0 Å². The van der Waals surface area contributed by atoms with Crippen molar-refractivity contribution < 1.29 is 33.3 Å². The smallest absolute Gasteiger partial charge is 0.264 e. The number of carbonyl (C=O) groups excluding carboxylic acids is 2. The van der Waals surface area contributed by atoms with Gasteiger partial charge in [-0.2, -0.15) is 0 Å². The van der Waals surface area contributed by atoms with E-state index in [4.69, 9.17) is 23.7 Å². The Kier molecular flexibility index (Phi) is 6.76. The van der Waals surface area contributed by atoms with Crippen LogP contribution in [0, 0.1) is 0 Å². The highest BCUT2D eigenvalue weighted by atomic mass is 16.7. The van der Waals surface area contributed by atoms with Gasteiger partial charge in [0.1, 0.15) is 17.2 Å². The fraction of sp³-hybridized carbons (Fsp3) is 0.286. The van der Waals surface area contributed by atoms with Crippen LogP contribution in [0.1, 0.15) is 34.8 Å². The maximum absolute atomic E-state index is 13.3. The molecule has 0 aromatic heterocycles. The van der Waals surface area contributed by atoms with E-state index in [0.29, 0.717) is 59.5 Å². The number of carbonyl (C=O) groups is 2. The van der Waals surface area contributed by atoms with E-state index in [1.807, 2.05) is 31.2 Å². The second kappa shape index (κ2) is 10.3. The lowest BCUT2D eigenvalue weighted by molar-refractivity contribution is -0.139. The summed E-state index contributed by atoms with van der Waals surface area (Å²) >= 11 is 0. The third kappa shape index (κ3) is 5.11. The molecule has 2 amide bonds. The number of hydrogen-bond acceptors (Lipinski definition) is 7. The number of amides is 2. The fourth-order valence-electron chi connectivity index (χ4n) is 4.38. The molecule has 0 aliphatic carbocycles. The normalized spacial score (nSPS) is 15.9. The number of anilines is 1. The fourth-order valence-corrected chi connectivity index (χ4v) is 4.38.